The van der Waals surface area contributed by atoms with Crippen molar-refractivity contribution in [3.63, 3.8) is 0 Å². The van der Waals surface area contributed by atoms with Gasteiger partial charge in [-0.2, -0.15) is 5.10 Å². The largest absolute Gasteiger partial charge is 0.478 e. The highest BCUT2D eigenvalue weighted by Crippen LogP contribution is 2.30. The van der Waals surface area contributed by atoms with Crippen molar-refractivity contribution < 1.29 is 19.1 Å². The van der Waals surface area contributed by atoms with E-state index in [1.807, 2.05) is 66.9 Å². The molecule has 0 aliphatic heterocycles. The number of amides is 1. The van der Waals surface area contributed by atoms with E-state index in [0.29, 0.717) is 11.5 Å². The number of para-hydroxylation sites is 2. The zero-order chi connectivity index (χ0) is 21.1. The number of carbonyl (C=O) groups excluding carboxylic acids is 1. The lowest BCUT2D eigenvalue weighted by Crippen LogP contribution is -2.24. The molecular weight excluding hydrogens is 382 g/mol. The summed E-state index contributed by atoms with van der Waals surface area (Å²) >= 11 is 0. The zero-order valence-corrected chi connectivity index (χ0v) is 16.2. The van der Waals surface area contributed by atoms with Gasteiger partial charge in [0.25, 0.3) is 0 Å². The van der Waals surface area contributed by atoms with Crippen LogP contribution in [0.5, 0.6) is 0 Å². The van der Waals surface area contributed by atoms with E-state index in [2.05, 4.69) is 0 Å². The predicted octanol–water partition coefficient (Wildman–Crippen LogP) is 3.88. The Hall–Kier alpha value is -4.13. The number of carbonyl (C=O) groups is 2. The molecule has 7 nitrogen and oxygen atoms in total. The number of aliphatic carboxylic acids is 1. The summed E-state index contributed by atoms with van der Waals surface area (Å²) in [5, 5.41) is 14.4. The Morgan fingerprint density at radius 2 is 1.83 bits per heavy atom. The summed E-state index contributed by atoms with van der Waals surface area (Å²) in [4.78, 5) is 24.4. The number of fused-ring (bicyclic) bond motifs is 1. The van der Waals surface area contributed by atoms with Gasteiger partial charge >= 0.3 is 5.97 Å². The molecule has 0 saturated heterocycles. The van der Waals surface area contributed by atoms with E-state index in [1.165, 1.54) is 4.90 Å². The van der Waals surface area contributed by atoms with Crippen molar-refractivity contribution in [1.82, 2.24) is 14.7 Å². The van der Waals surface area contributed by atoms with Crippen LogP contribution in [0.1, 0.15) is 5.56 Å². The molecular formula is C23H19N3O4. The van der Waals surface area contributed by atoms with Crippen molar-refractivity contribution in [2.45, 2.75) is 6.54 Å². The average Bonchev–Trinajstić information content (AvgIpc) is 3.36. The number of hydrogen-bond acceptors (Lipinski definition) is 4. The van der Waals surface area contributed by atoms with Crippen LogP contribution in [0.25, 0.3) is 28.1 Å². The number of nitrogens with zero attached hydrogens (tertiary/aromatic N) is 3. The molecule has 0 spiro atoms. The fourth-order valence-electron chi connectivity index (χ4n) is 3.15. The summed E-state index contributed by atoms with van der Waals surface area (Å²) in [5.41, 5.74) is 3.02. The normalized spacial score (nSPS) is 11.2. The van der Waals surface area contributed by atoms with Crippen LogP contribution in [0.15, 0.2) is 83.4 Å². The summed E-state index contributed by atoms with van der Waals surface area (Å²) < 4.78 is 7.73. The summed E-state index contributed by atoms with van der Waals surface area (Å²) in [5.74, 6) is -0.986. The monoisotopic (exact) mass is 401 g/mol. The number of rotatable bonds is 6. The van der Waals surface area contributed by atoms with E-state index in [-0.39, 0.29) is 6.54 Å². The number of likely N-dealkylation sites (N-methyl/N-ethyl adjacent to an activating group) is 1. The lowest BCUT2D eigenvalue weighted by molar-refractivity contribution is -0.132. The quantitative estimate of drug-likeness (QED) is 0.495. The molecule has 30 heavy (non-hydrogen) atoms. The van der Waals surface area contributed by atoms with Gasteiger partial charge in [-0.1, -0.05) is 36.4 Å². The number of carboxylic acids is 1. The van der Waals surface area contributed by atoms with E-state index in [4.69, 9.17) is 14.6 Å². The maximum absolute atomic E-state index is 12.2. The van der Waals surface area contributed by atoms with Crippen molar-refractivity contribution in [2.24, 2.45) is 0 Å². The molecule has 1 amide bonds. The van der Waals surface area contributed by atoms with Crippen LogP contribution >= 0.6 is 0 Å². The van der Waals surface area contributed by atoms with Gasteiger partial charge in [-0.3, -0.25) is 4.79 Å². The minimum absolute atomic E-state index is 0.238. The van der Waals surface area contributed by atoms with Crippen LogP contribution in [0, 0.1) is 0 Å². The molecule has 2 heterocycles. The van der Waals surface area contributed by atoms with Gasteiger partial charge in [-0.15, -0.1) is 0 Å². The Labute approximate surface area is 172 Å². The lowest BCUT2D eigenvalue weighted by atomic mass is 10.2. The van der Waals surface area contributed by atoms with Crippen LogP contribution in [0.4, 0.5) is 0 Å². The smallest absolute Gasteiger partial charge is 0.328 e. The predicted molar refractivity (Wildman–Crippen MR) is 112 cm³/mol. The molecule has 2 aromatic carbocycles. The molecule has 0 unspecified atom stereocenters. The molecule has 0 aliphatic rings. The van der Waals surface area contributed by atoms with Gasteiger partial charge < -0.3 is 14.4 Å². The van der Waals surface area contributed by atoms with Gasteiger partial charge in [0, 0.05) is 42.9 Å². The lowest BCUT2D eigenvalue weighted by Gasteiger charge is -2.14. The van der Waals surface area contributed by atoms with E-state index >= 15 is 0 Å². The van der Waals surface area contributed by atoms with Gasteiger partial charge in [0.2, 0.25) is 5.91 Å². The summed E-state index contributed by atoms with van der Waals surface area (Å²) in [7, 11) is 1.61. The standard InChI is InChI=1S/C23H19N3O4/c1-25(21(27)11-12-22(28)29)14-17-15-26(18-8-3-2-4-9-18)24-23(17)20-13-16-7-5-6-10-19(16)30-20/h2-13,15H,14H2,1H3,(H,28,29)/b12-11+. The highest BCUT2D eigenvalue weighted by atomic mass is 16.4. The molecule has 0 atom stereocenters. The number of furan rings is 1. The van der Waals surface area contributed by atoms with E-state index in [0.717, 1.165) is 34.4 Å². The third-order valence-corrected chi connectivity index (χ3v) is 4.62. The molecule has 1 N–H and O–H groups in total. The zero-order valence-electron chi connectivity index (χ0n) is 16.2. The van der Waals surface area contributed by atoms with Gasteiger partial charge in [0.05, 0.1) is 5.69 Å². The molecule has 0 radical (unpaired) electrons. The van der Waals surface area contributed by atoms with Crippen molar-refractivity contribution in [2.75, 3.05) is 7.05 Å². The van der Waals surface area contributed by atoms with Gasteiger partial charge in [0.15, 0.2) is 5.76 Å². The molecule has 150 valence electrons. The SMILES string of the molecule is CN(Cc1cn(-c2ccccc2)nc1-c1cc2ccccc2o1)C(=O)/C=C/C(=O)O. The first kappa shape index (κ1) is 19.2. The third-order valence-electron chi connectivity index (χ3n) is 4.62. The van der Waals surface area contributed by atoms with Crippen molar-refractivity contribution in [1.29, 1.82) is 0 Å². The fraction of sp³-hybridized carbons (Fsp3) is 0.0870. The first-order valence-electron chi connectivity index (χ1n) is 9.30. The van der Waals surface area contributed by atoms with E-state index < -0.39 is 11.9 Å². The maximum atomic E-state index is 12.2. The third kappa shape index (κ3) is 4.00. The second-order valence-corrected chi connectivity index (χ2v) is 6.80. The van der Waals surface area contributed by atoms with Crippen molar-refractivity contribution >= 4 is 22.8 Å². The highest BCUT2D eigenvalue weighted by molar-refractivity contribution is 5.93. The van der Waals surface area contributed by atoms with Crippen molar-refractivity contribution in [3.8, 4) is 17.1 Å². The molecule has 0 aliphatic carbocycles. The van der Waals surface area contributed by atoms with Crippen LogP contribution < -0.4 is 0 Å². The molecule has 4 rings (SSSR count). The Bertz CT molecular complexity index is 1200. The Kier molecular flexibility index (Phi) is 5.17. The Morgan fingerprint density at radius 1 is 1.10 bits per heavy atom. The number of benzene rings is 2. The minimum atomic E-state index is -1.17. The molecule has 0 fully saturated rings. The first-order chi connectivity index (χ1) is 14.5. The van der Waals surface area contributed by atoms with Crippen LogP contribution in [0.3, 0.4) is 0 Å². The number of carboxylic acid groups (broad SMARTS) is 1. The molecule has 4 aromatic rings. The van der Waals surface area contributed by atoms with Crippen LogP contribution in [-0.2, 0) is 16.1 Å². The second kappa shape index (κ2) is 8.08. The van der Waals surface area contributed by atoms with E-state index in [1.54, 1.807) is 11.7 Å². The average molecular weight is 401 g/mol. The fourth-order valence-corrected chi connectivity index (χ4v) is 3.15. The number of aromatic nitrogens is 2. The van der Waals surface area contributed by atoms with Crippen molar-refractivity contribution in [3.05, 3.63) is 84.6 Å². The summed E-state index contributed by atoms with van der Waals surface area (Å²) in [6, 6.07) is 19.2. The van der Waals surface area contributed by atoms with Gasteiger partial charge in [-0.05, 0) is 24.3 Å². The van der Waals surface area contributed by atoms with Crippen LogP contribution in [0.2, 0.25) is 0 Å². The number of hydrogen-bond donors (Lipinski definition) is 1. The molecule has 0 saturated carbocycles. The summed E-state index contributed by atoms with van der Waals surface area (Å²) in [6.07, 6.45) is 3.71. The molecule has 2 aromatic heterocycles. The Morgan fingerprint density at radius 3 is 2.57 bits per heavy atom. The first-order valence-corrected chi connectivity index (χ1v) is 9.30. The second-order valence-electron chi connectivity index (χ2n) is 6.80. The highest BCUT2D eigenvalue weighted by Gasteiger charge is 2.19. The maximum Gasteiger partial charge on any atom is 0.328 e. The van der Waals surface area contributed by atoms with Crippen LogP contribution in [-0.4, -0.2) is 38.7 Å². The van der Waals surface area contributed by atoms with Gasteiger partial charge in [-0.25, -0.2) is 9.48 Å². The topological polar surface area (TPSA) is 88.6 Å². The molecule has 7 heteroatoms. The minimum Gasteiger partial charge on any atom is -0.478 e. The van der Waals surface area contributed by atoms with E-state index in [9.17, 15) is 9.59 Å². The molecule has 0 bridgehead atoms. The Balaban J connectivity index is 1.73. The van der Waals surface area contributed by atoms with Gasteiger partial charge in [0.1, 0.15) is 11.3 Å². The summed E-state index contributed by atoms with van der Waals surface area (Å²) in [6.45, 7) is 0.238.